The van der Waals surface area contributed by atoms with Crippen molar-refractivity contribution in [1.29, 1.82) is 0 Å². The van der Waals surface area contributed by atoms with Crippen molar-refractivity contribution in [1.82, 2.24) is 9.78 Å². The predicted molar refractivity (Wildman–Crippen MR) is 48.3 cm³/mol. The summed E-state index contributed by atoms with van der Waals surface area (Å²) in [5.74, 6) is 0. The summed E-state index contributed by atoms with van der Waals surface area (Å²) in [6.07, 6.45) is 1.81. The van der Waals surface area contributed by atoms with E-state index in [-0.39, 0.29) is 12.1 Å². The van der Waals surface area contributed by atoms with Crippen LogP contribution in [0.25, 0.3) is 0 Å². The fraction of sp³-hybridized carbons (Fsp3) is 0.500. The second kappa shape index (κ2) is 2.76. The molecule has 0 radical (unpaired) electrons. The largest absolute Gasteiger partial charge is 0.463 e. The van der Waals surface area contributed by atoms with Crippen molar-refractivity contribution in [3.05, 3.63) is 17.5 Å². The second-order valence-electron chi connectivity index (χ2n) is 3.10. The average Bonchev–Trinajstić information content (AvgIpc) is 2.62. The Hall–Kier alpha value is -1.52. The van der Waals surface area contributed by atoms with Crippen LogP contribution in [-0.4, -0.2) is 22.4 Å². The van der Waals surface area contributed by atoms with Crippen molar-refractivity contribution < 1.29 is 4.74 Å². The number of nitrogens with two attached hydrogens (primary N) is 1. The van der Waals surface area contributed by atoms with E-state index in [1.54, 1.807) is 0 Å². The minimum Gasteiger partial charge on any atom is -0.463 e. The highest BCUT2D eigenvalue weighted by molar-refractivity contribution is 5.73. The van der Waals surface area contributed by atoms with Gasteiger partial charge in [-0.1, -0.05) is 0 Å². The van der Waals surface area contributed by atoms with Gasteiger partial charge >= 0.3 is 0 Å². The number of ether oxygens (including phenoxy) is 1. The van der Waals surface area contributed by atoms with Crippen LogP contribution in [0.15, 0.2) is 11.2 Å². The SMILES string of the molecule is Cc1c(C2COC(N)=N2)cnn1C. The summed E-state index contributed by atoms with van der Waals surface area (Å²) in [7, 11) is 1.90. The molecule has 5 heteroatoms. The Bertz CT molecular complexity index is 355. The third-order valence-electron chi connectivity index (χ3n) is 2.30. The summed E-state index contributed by atoms with van der Waals surface area (Å²) in [4.78, 5) is 4.15. The van der Waals surface area contributed by atoms with Crippen LogP contribution in [-0.2, 0) is 11.8 Å². The van der Waals surface area contributed by atoms with Crippen molar-refractivity contribution in [2.24, 2.45) is 17.8 Å². The maximum absolute atomic E-state index is 5.42. The lowest BCUT2D eigenvalue weighted by Gasteiger charge is -2.03. The topological polar surface area (TPSA) is 65.4 Å². The van der Waals surface area contributed by atoms with Crippen molar-refractivity contribution in [3.8, 4) is 0 Å². The van der Waals surface area contributed by atoms with Crippen LogP contribution in [0, 0.1) is 6.92 Å². The van der Waals surface area contributed by atoms with Gasteiger partial charge in [0.15, 0.2) is 0 Å². The Morgan fingerprint density at radius 1 is 1.69 bits per heavy atom. The van der Waals surface area contributed by atoms with Crippen molar-refractivity contribution in [2.75, 3.05) is 6.61 Å². The molecule has 0 spiro atoms. The smallest absolute Gasteiger partial charge is 0.282 e. The number of aryl methyl sites for hydroxylation is 1. The molecule has 1 atom stereocenters. The molecular weight excluding hydrogens is 168 g/mol. The molecule has 5 nitrogen and oxygen atoms in total. The molecule has 13 heavy (non-hydrogen) atoms. The van der Waals surface area contributed by atoms with Crippen LogP contribution in [0.3, 0.4) is 0 Å². The Morgan fingerprint density at radius 3 is 2.92 bits per heavy atom. The standard InChI is InChI=1S/C8H12N4O/c1-5-6(3-10-12(5)2)7-4-13-8(9)11-7/h3,7H,4H2,1-2H3,(H2,9,11). The summed E-state index contributed by atoms with van der Waals surface area (Å²) in [5.41, 5.74) is 7.61. The van der Waals surface area contributed by atoms with Crippen LogP contribution >= 0.6 is 0 Å². The van der Waals surface area contributed by atoms with Gasteiger partial charge in [0.25, 0.3) is 6.02 Å². The predicted octanol–water partition coefficient (Wildman–Crippen LogP) is 0.115. The molecular formula is C8H12N4O. The fourth-order valence-corrected chi connectivity index (χ4v) is 1.39. The van der Waals surface area contributed by atoms with E-state index in [0.717, 1.165) is 11.3 Å². The van der Waals surface area contributed by atoms with Gasteiger partial charge in [-0.2, -0.15) is 5.10 Å². The van der Waals surface area contributed by atoms with Gasteiger partial charge < -0.3 is 10.5 Å². The van der Waals surface area contributed by atoms with E-state index in [0.29, 0.717) is 6.61 Å². The highest BCUT2D eigenvalue weighted by Gasteiger charge is 2.22. The summed E-state index contributed by atoms with van der Waals surface area (Å²) in [5, 5.41) is 4.14. The zero-order valence-electron chi connectivity index (χ0n) is 7.69. The number of hydrogen-bond donors (Lipinski definition) is 1. The third-order valence-corrected chi connectivity index (χ3v) is 2.30. The summed E-state index contributed by atoms with van der Waals surface area (Å²) in [6.45, 7) is 2.53. The molecule has 0 aromatic carbocycles. The first kappa shape index (κ1) is 8.10. The lowest BCUT2D eigenvalue weighted by molar-refractivity contribution is 0.314. The van der Waals surface area contributed by atoms with E-state index in [1.807, 2.05) is 24.9 Å². The first-order valence-corrected chi connectivity index (χ1v) is 4.13. The van der Waals surface area contributed by atoms with Gasteiger partial charge in [-0.05, 0) is 6.92 Å². The van der Waals surface area contributed by atoms with E-state index < -0.39 is 0 Å². The molecule has 0 saturated heterocycles. The van der Waals surface area contributed by atoms with Gasteiger partial charge in [0, 0.05) is 18.3 Å². The van der Waals surface area contributed by atoms with Gasteiger partial charge in [0.2, 0.25) is 0 Å². The first-order valence-electron chi connectivity index (χ1n) is 4.13. The Kier molecular flexibility index (Phi) is 1.72. The molecule has 1 aliphatic rings. The molecule has 0 fully saturated rings. The molecule has 0 saturated carbocycles. The van der Waals surface area contributed by atoms with Gasteiger partial charge in [-0.25, -0.2) is 4.99 Å². The third kappa shape index (κ3) is 1.26. The molecule has 2 heterocycles. The van der Waals surface area contributed by atoms with E-state index in [2.05, 4.69) is 10.1 Å². The molecule has 0 amide bonds. The van der Waals surface area contributed by atoms with E-state index >= 15 is 0 Å². The molecule has 1 unspecified atom stereocenters. The molecule has 1 aliphatic heterocycles. The fourth-order valence-electron chi connectivity index (χ4n) is 1.39. The minimum absolute atomic E-state index is 0.0219. The number of aliphatic imine (C=N–C) groups is 1. The molecule has 1 aromatic heterocycles. The molecule has 70 valence electrons. The zero-order valence-corrected chi connectivity index (χ0v) is 7.69. The van der Waals surface area contributed by atoms with E-state index in [4.69, 9.17) is 10.5 Å². The van der Waals surface area contributed by atoms with Crippen molar-refractivity contribution >= 4 is 6.02 Å². The minimum atomic E-state index is 0.0219. The van der Waals surface area contributed by atoms with Gasteiger partial charge in [0.1, 0.15) is 12.6 Å². The van der Waals surface area contributed by atoms with Crippen LogP contribution in [0.1, 0.15) is 17.3 Å². The number of nitrogens with zero attached hydrogens (tertiary/aromatic N) is 3. The Balaban J connectivity index is 2.31. The Labute approximate surface area is 76.2 Å². The lowest BCUT2D eigenvalue weighted by Crippen LogP contribution is -2.10. The zero-order chi connectivity index (χ0) is 9.42. The van der Waals surface area contributed by atoms with E-state index in [1.165, 1.54) is 0 Å². The van der Waals surface area contributed by atoms with Crippen LogP contribution in [0.4, 0.5) is 0 Å². The van der Waals surface area contributed by atoms with Crippen LogP contribution in [0.2, 0.25) is 0 Å². The number of aromatic nitrogens is 2. The maximum Gasteiger partial charge on any atom is 0.282 e. The molecule has 0 bridgehead atoms. The first-order chi connectivity index (χ1) is 6.18. The van der Waals surface area contributed by atoms with Gasteiger partial charge in [-0.15, -0.1) is 0 Å². The normalized spacial score (nSPS) is 21.4. The number of hydrogen-bond acceptors (Lipinski definition) is 4. The average molecular weight is 180 g/mol. The molecule has 0 aliphatic carbocycles. The lowest BCUT2D eigenvalue weighted by atomic mass is 10.1. The maximum atomic E-state index is 5.42. The summed E-state index contributed by atoms with van der Waals surface area (Å²) >= 11 is 0. The van der Waals surface area contributed by atoms with E-state index in [9.17, 15) is 0 Å². The highest BCUT2D eigenvalue weighted by atomic mass is 16.5. The van der Waals surface area contributed by atoms with Gasteiger partial charge in [0.05, 0.1) is 6.20 Å². The molecule has 2 rings (SSSR count). The molecule has 2 N–H and O–H groups in total. The number of amidine groups is 1. The second-order valence-corrected chi connectivity index (χ2v) is 3.10. The van der Waals surface area contributed by atoms with Crippen molar-refractivity contribution in [2.45, 2.75) is 13.0 Å². The molecule has 1 aromatic rings. The quantitative estimate of drug-likeness (QED) is 0.667. The highest BCUT2D eigenvalue weighted by Crippen LogP contribution is 2.23. The van der Waals surface area contributed by atoms with Crippen molar-refractivity contribution in [3.63, 3.8) is 0 Å². The Morgan fingerprint density at radius 2 is 2.46 bits per heavy atom. The number of rotatable bonds is 1. The summed E-state index contributed by atoms with van der Waals surface area (Å²) < 4.78 is 6.89. The summed E-state index contributed by atoms with van der Waals surface area (Å²) in [6, 6.07) is 0.293. The van der Waals surface area contributed by atoms with Gasteiger partial charge in [-0.3, -0.25) is 4.68 Å². The van der Waals surface area contributed by atoms with Crippen LogP contribution in [0.5, 0.6) is 0 Å². The van der Waals surface area contributed by atoms with Crippen LogP contribution < -0.4 is 5.73 Å². The monoisotopic (exact) mass is 180 g/mol.